The summed E-state index contributed by atoms with van der Waals surface area (Å²) in [6.45, 7) is 3.90. The third-order valence-electron chi connectivity index (χ3n) is 3.11. The van der Waals surface area contributed by atoms with Crippen molar-refractivity contribution < 1.29 is 15.1 Å². The van der Waals surface area contributed by atoms with Crippen LogP contribution < -0.4 is 0 Å². The molecule has 1 aromatic rings. The Hall–Kier alpha value is -0.591. The van der Waals surface area contributed by atoms with Crippen LogP contribution in [0.5, 0.6) is 0 Å². The molecule has 1 saturated heterocycles. The van der Waals surface area contributed by atoms with Crippen molar-refractivity contribution >= 4 is 33.1 Å². The zero-order valence-electron chi connectivity index (χ0n) is 11.8. The van der Waals surface area contributed by atoms with Crippen LogP contribution in [0.3, 0.4) is 0 Å². The van der Waals surface area contributed by atoms with Gasteiger partial charge in [0.1, 0.15) is 5.69 Å². The summed E-state index contributed by atoms with van der Waals surface area (Å²) in [6, 6.07) is 0. The molecule has 119 valence electrons. The summed E-state index contributed by atoms with van der Waals surface area (Å²) in [5.74, 6) is 0. The molecular weight excluding hydrogens is 357 g/mol. The number of hydrogen-bond donors (Lipinski definition) is 0. The van der Waals surface area contributed by atoms with Gasteiger partial charge in [-0.2, -0.15) is 0 Å². The van der Waals surface area contributed by atoms with Gasteiger partial charge in [-0.05, 0) is 19.8 Å². The van der Waals surface area contributed by atoms with Crippen LogP contribution in [0.2, 0.25) is 0 Å². The molecule has 2 heterocycles. The fourth-order valence-electron chi connectivity index (χ4n) is 1.99. The van der Waals surface area contributed by atoms with E-state index in [0.717, 1.165) is 24.5 Å². The summed E-state index contributed by atoms with van der Waals surface area (Å²) in [5, 5.41) is 4.87. The minimum absolute atomic E-state index is 0.685. The van der Waals surface area contributed by atoms with E-state index in [2.05, 4.69) is 62.8 Å². The van der Waals surface area contributed by atoms with Crippen molar-refractivity contribution in [1.29, 1.82) is 0 Å². The molecule has 0 atom stereocenters. The fraction of sp³-hybridized carbons (Fsp3) is 0.538. The van der Waals surface area contributed by atoms with E-state index in [-0.39, 0.29) is 0 Å². The number of rotatable bonds is 2. The second-order valence-corrected chi connectivity index (χ2v) is 4.98. The number of thiol groups is 1. The van der Waals surface area contributed by atoms with E-state index in [1.165, 1.54) is 25.7 Å². The van der Waals surface area contributed by atoms with Gasteiger partial charge in [0.2, 0.25) is 0 Å². The van der Waals surface area contributed by atoms with Gasteiger partial charge in [-0.3, -0.25) is 9.97 Å². The molecule has 0 saturated carbocycles. The average molecular weight is 376 g/mol. The van der Waals surface area contributed by atoms with Gasteiger partial charge in [0, 0.05) is 31.2 Å². The molecule has 0 aromatic carbocycles. The molecule has 0 N–H and O–H groups in total. The first-order valence-corrected chi connectivity index (χ1v) is 8.45. The van der Waals surface area contributed by atoms with Gasteiger partial charge in [0.25, 0.3) is 0 Å². The number of likely N-dealkylation sites (tertiary alicyclic amines) is 1. The molecule has 0 unspecified atom stereocenters. The Morgan fingerprint density at radius 1 is 1.29 bits per heavy atom. The van der Waals surface area contributed by atoms with E-state index < -0.39 is 0 Å². The van der Waals surface area contributed by atoms with Crippen molar-refractivity contribution in [2.24, 2.45) is 5.10 Å². The summed E-state index contributed by atoms with van der Waals surface area (Å²) < 4.78 is 0. The van der Waals surface area contributed by atoms with Crippen LogP contribution >= 0.6 is 10.1 Å². The molecular formula is C13H19ClCuN5S+. The molecule has 21 heavy (non-hydrogen) atoms. The molecule has 1 aliphatic rings. The second kappa shape index (κ2) is 11.0. The van der Waals surface area contributed by atoms with Crippen LogP contribution in [0, 0.1) is 0 Å². The van der Waals surface area contributed by atoms with E-state index in [1.807, 2.05) is 6.92 Å². The van der Waals surface area contributed by atoms with Crippen molar-refractivity contribution in [3.63, 3.8) is 0 Å². The predicted octanol–water partition coefficient (Wildman–Crippen LogP) is 2.50. The minimum atomic E-state index is 0.685. The molecule has 1 fully saturated rings. The molecule has 0 bridgehead atoms. The zero-order chi connectivity index (χ0) is 15.5. The first-order chi connectivity index (χ1) is 10.3. The Morgan fingerprint density at radius 2 is 1.95 bits per heavy atom. The topological polar surface area (TPSA) is 55.5 Å². The van der Waals surface area contributed by atoms with Gasteiger partial charge in [-0.25, -0.2) is 4.90 Å². The number of hydrogen-bond acceptors (Lipinski definition) is 3. The third-order valence-corrected chi connectivity index (χ3v) is 3.48. The van der Waals surface area contributed by atoms with Crippen LogP contribution in [-0.2, 0) is 27.3 Å². The van der Waals surface area contributed by atoms with Crippen LogP contribution in [0.1, 0.15) is 38.3 Å². The zero-order valence-corrected chi connectivity index (χ0v) is 14.4. The van der Waals surface area contributed by atoms with E-state index >= 15 is 0 Å². The van der Waals surface area contributed by atoms with Crippen molar-refractivity contribution in [3.05, 3.63) is 29.7 Å². The van der Waals surface area contributed by atoms with Crippen LogP contribution in [-0.4, -0.2) is 38.8 Å². The standard InChI is InChI=1S/C13H19N5S.ClH.Cu/c1-11(12-10-14-6-7-15-12)16-17-13(19)18-8-4-2-3-5-9-18;;/h6-7,10H,2-5,8-9H2,1H3,(H,15,17,19);1H;/q;;+2/p-1. The quantitative estimate of drug-likeness (QED) is 0.199. The van der Waals surface area contributed by atoms with E-state index in [1.54, 1.807) is 18.6 Å². The normalized spacial score (nSPS) is 16.5. The first-order valence-electron chi connectivity index (χ1n) is 6.71. The molecule has 5 nitrogen and oxygen atoms in total. The van der Waals surface area contributed by atoms with Crippen LogP contribution in [0.25, 0.3) is 5.43 Å². The van der Waals surface area contributed by atoms with Crippen molar-refractivity contribution in [2.75, 3.05) is 13.1 Å². The molecule has 0 aliphatic carbocycles. The monoisotopic (exact) mass is 375 g/mol. The van der Waals surface area contributed by atoms with Gasteiger partial charge in [-0.15, -0.1) is 0 Å². The number of halogens is 1. The van der Waals surface area contributed by atoms with Gasteiger partial charge < -0.3 is 10.5 Å². The molecule has 0 amide bonds. The Morgan fingerprint density at radius 3 is 2.52 bits per heavy atom. The molecule has 1 aromatic heterocycles. The van der Waals surface area contributed by atoms with Gasteiger partial charge in [0.05, 0.1) is 6.20 Å². The maximum absolute atomic E-state index is 4.44. The fourth-order valence-corrected chi connectivity index (χ4v) is 2.24. The molecule has 2 rings (SSSR count). The Balaban J connectivity index is 0.00000106. The molecule has 0 radical (unpaired) electrons. The SMILES string of the molecule is CC(=N[N-]C(=[SH+])N1CCCCCC1)c1cnccn1.[Cl][Cu+]. The number of aromatic nitrogens is 2. The van der Waals surface area contributed by atoms with Crippen molar-refractivity contribution in [1.82, 2.24) is 14.9 Å². The van der Waals surface area contributed by atoms with Crippen molar-refractivity contribution in [3.8, 4) is 0 Å². The maximum atomic E-state index is 4.44. The molecule has 1 aliphatic heterocycles. The van der Waals surface area contributed by atoms with Crippen LogP contribution in [0.4, 0.5) is 0 Å². The second-order valence-electron chi connectivity index (χ2n) is 4.58. The summed E-state index contributed by atoms with van der Waals surface area (Å²) in [6.07, 6.45) is 9.95. The summed E-state index contributed by atoms with van der Waals surface area (Å²) >= 11 is 8.10. The van der Waals surface area contributed by atoms with E-state index in [0.29, 0.717) is 5.11 Å². The third kappa shape index (κ3) is 6.80. The van der Waals surface area contributed by atoms with Crippen molar-refractivity contribution in [2.45, 2.75) is 32.6 Å². The van der Waals surface area contributed by atoms with Gasteiger partial charge in [0.15, 0.2) is 17.3 Å². The molecule has 8 heteroatoms. The molecule has 0 spiro atoms. The van der Waals surface area contributed by atoms with Crippen LogP contribution in [0.15, 0.2) is 23.7 Å². The van der Waals surface area contributed by atoms with E-state index in [4.69, 9.17) is 0 Å². The van der Waals surface area contributed by atoms with E-state index in [9.17, 15) is 0 Å². The number of nitrogens with zero attached hydrogens (tertiary/aromatic N) is 5. The Labute approximate surface area is 143 Å². The Bertz CT molecular complexity index is 449. The predicted molar refractivity (Wildman–Crippen MR) is 87.3 cm³/mol. The summed E-state index contributed by atoms with van der Waals surface area (Å²) in [7, 11) is 4.20. The average Bonchev–Trinajstić information content (AvgIpc) is 2.84. The summed E-state index contributed by atoms with van der Waals surface area (Å²) in [5.41, 5.74) is 5.68. The Kier molecular flexibility index (Phi) is 9.70. The summed E-state index contributed by atoms with van der Waals surface area (Å²) in [4.78, 5) is 10.4. The van der Waals surface area contributed by atoms with Gasteiger partial charge in [-0.1, -0.05) is 12.8 Å². The first kappa shape index (κ1) is 18.5. The van der Waals surface area contributed by atoms with Gasteiger partial charge >= 0.3 is 25.2 Å².